The third-order valence-corrected chi connectivity index (χ3v) is 2.88. The second-order valence-corrected chi connectivity index (χ2v) is 4.29. The summed E-state index contributed by atoms with van der Waals surface area (Å²) in [5, 5.41) is 12.1. The fraction of sp³-hybridized carbons (Fsp3) is 0.231. The lowest BCUT2D eigenvalue weighted by molar-refractivity contribution is 0.122. The lowest BCUT2D eigenvalue weighted by Gasteiger charge is -2.03. The second kappa shape index (κ2) is 5.62. The predicted octanol–water partition coefficient (Wildman–Crippen LogP) is 0.861. The van der Waals surface area contributed by atoms with Gasteiger partial charge in [0.25, 0.3) is 0 Å². The standard InChI is InChI=1S/C13H14N6O/c14-12-13-18-17-11(19(13)16-9-15-12)6-7-20-8-10-4-2-1-3-5-10/h1-5,9H,6-8H2,(H2,14,15,16). The number of benzene rings is 1. The number of anilines is 1. The minimum Gasteiger partial charge on any atom is -0.380 e. The van der Waals surface area contributed by atoms with Gasteiger partial charge in [0.1, 0.15) is 6.33 Å². The lowest BCUT2D eigenvalue weighted by atomic mass is 10.2. The first-order valence-electron chi connectivity index (χ1n) is 6.27. The molecular formula is C13H14N6O. The van der Waals surface area contributed by atoms with Crippen molar-refractivity contribution in [2.45, 2.75) is 13.0 Å². The molecule has 0 fully saturated rings. The first kappa shape index (κ1) is 12.5. The van der Waals surface area contributed by atoms with Crippen LogP contribution in [0.25, 0.3) is 5.65 Å². The summed E-state index contributed by atoms with van der Waals surface area (Å²) < 4.78 is 7.21. The van der Waals surface area contributed by atoms with E-state index in [-0.39, 0.29) is 0 Å². The van der Waals surface area contributed by atoms with Gasteiger partial charge in [0.05, 0.1) is 13.2 Å². The number of rotatable bonds is 5. The molecule has 0 aliphatic carbocycles. The smallest absolute Gasteiger partial charge is 0.220 e. The average molecular weight is 270 g/mol. The van der Waals surface area contributed by atoms with Gasteiger partial charge in [0, 0.05) is 6.42 Å². The molecule has 0 atom stereocenters. The normalized spacial score (nSPS) is 11.0. The third-order valence-electron chi connectivity index (χ3n) is 2.88. The summed E-state index contributed by atoms with van der Waals surface area (Å²) in [7, 11) is 0. The molecule has 0 unspecified atom stereocenters. The van der Waals surface area contributed by atoms with Crippen LogP contribution in [0, 0.1) is 0 Å². The molecule has 0 saturated carbocycles. The number of hydrogen-bond acceptors (Lipinski definition) is 6. The highest BCUT2D eigenvalue weighted by Gasteiger charge is 2.09. The molecule has 102 valence electrons. The van der Waals surface area contributed by atoms with Crippen molar-refractivity contribution in [1.29, 1.82) is 0 Å². The highest BCUT2D eigenvalue weighted by molar-refractivity contribution is 5.57. The number of nitrogens with zero attached hydrogens (tertiary/aromatic N) is 5. The molecule has 0 spiro atoms. The number of aromatic nitrogens is 5. The maximum Gasteiger partial charge on any atom is 0.220 e. The predicted molar refractivity (Wildman–Crippen MR) is 72.8 cm³/mol. The molecule has 0 amide bonds. The molecule has 2 heterocycles. The third kappa shape index (κ3) is 2.57. The minimum atomic E-state index is 0.323. The van der Waals surface area contributed by atoms with Crippen LogP contribution in [0.15, 0.2) is 36.7 Å². The summed E-state index contributed by atoms with van der Waals surface area (Å²) in [5.41, 5.74) is 7.32. The lowest BCUT2D eigenvalue weighted by Crippen LogP contribution is -2.06. The summed E-state index contributed by atoms with van der Waals surface area (Å²) in [6.07, 6.45) is 2.00. The van der Waals surface area contributed by atoms with Gasteiger partial charge in [-0.15, -0.1) is 10.2 Å². The summed E-state index contributed by atoms with van der Waals surface area (Å²) >= 11 is 0. The van der Waals surface area contributed by atoms with Crippen LogP contribution in [0.1, 0.15) is 11.4 Å². The van der Waals surface area contributed by atoms with Gasteiger partial charge in [0.2, 0.25) is 5.65 Å². The largest absolute Gasteiger partial charge is 0.380 e. The Morgan fingerprint density at radius 1 is 1.15 bits per heavy atom. The molecule has 1 aromatic carbocycles. The molecule has 2 aromatic heterocycles. The quantitative estimate of drug-likeness (QED) is 0.691. The van der Waals surface area contributed by atoms with Gasteiger partial charge in [-0.05, 0) is 5.56 Å². The number of nitrogen functional groups attached to an aromatic ring is 1. The molecule has 0 aliphatic rings. The SMILES string of the molecule is Nc1ncnn2c(CCOCc3ccccc3)nnc12. The fourth-order valence-corrected chi connectivity index (χ4v) is 1.87. The van der Waals surface area contributed by atoms with Gasteiger partial charge in [-0.25, -0.2) is 4.98 Å². The van der Waals surface area contributed by atoms with Crippen molar-refractivity contribution in [3.05, 3.63) is 48.0 Å². The summed E-state index contributed by atoms with van der Waals surface area (Å²) in [5.74, 6) is 1.03. The van der Waals surface area contributed by atoms with E-state index in [1.54, 1.807) is 4.52 Å². The molecule has 0 aliphatic heterocycles. The van der Waals surface area contributed by atoms with Gasteiger partial charge in [-0.1, -0.05) is 30.3 Å². The van der Waals surface area contributed by atoms with Crippen LogP contribution in [0.2, 0.25) is 0 Å². The zero-order valence-corrected chi connectivity index (χ0v) is 10.8. The van der Waals surface area contributed by atoms with Gasteiger partial charge in [0.15, 0.2) is 11.6 Å². The van der Waals surface area contributed by atoms with Crippen molar-refractivity contribution in [2.75, 3.05) is 12.3 Å². The van der Waals surface area contributed by atoms with Gasteiger partial charge >= 0.3 is 0 Å². The number of ether oxygens (including phenoxy) is 1. The van der Waals surface area contributed by atoms with Crippen molar-refractivity contribution >= 4 is 11.5 Å². The highest BCUT2D eigenvalue weighted by Crippen LogP contribution is 2.07. The first-order valence-corrected chi connectivity index (χ1v) is 6.27. The van der Waals surface area contributed by atoms with E-state index in [9.17, 15) is 0 Å². The van der Waals surface area contributed by atoms with Crippen LogP contribution in [0.3, 0.4) is 0 Å². The van der Waals surface area contributed by atoms with E-state index in [2.05, 4.69) is 20.3 Å². The maximum absolute atomic E-state index is 5.69. The van der Waals surface area contributed by atoms with Crippen LogP contribution in [-0.2, 0) is 17.8 Å². The Labute approximate surface area is 115 Å². The average Bonchev–Trinajstić information content (AvgIpc) is 2.90. The molecule has 3 rings (SSSR count). The molecule has 0 bridgehead atoms. The molecular weight excluding hydrogens is 256 g/mol. The molecule has 3 aromatic rings. The molecule has 0 saturated heterocycles. The van der Waals surface area contributed by atoms with Crippen LogP contribution in [0.5, 0.6) is 0 Å². The van der Waals surface area contributed by atoms with E-state index >= 15 is 0 Å². The second-order valence-electron chi connectivity index (χ2n) is 4.29. The Hall–Kier alpha value is -2.54. The van der Waals surface area contributed by atoms with Crippen LogP contribution in [-0.4, -0.2) is 31.4 Å². The zero-order valence-electron chi connectivity index (χ0n) is 10.8. The Balaban J connectivity index is 1.59. The molecule has 7 heteroatoms. The van der Waals surface area contributed by atoms with Crippen molar-refractivity contribution in [3.63, 3.8) is 0 Å². The van der Waals surface area contributed by atoms with Gasteiger partial charge in [-0.2, -0.15) is 9.61 Å². The Bertz CT molecular complexity index is 696. The number of nitrogens with two attached hydrogens (primary N) is 1. The van der Waals surface area contributed by atoms with Crippen molar-refractivity contribution in [1.82, 2.24) is 24.8 Å². The van der Waals surface area contributed by atoms with Crippen LogP contribution < -0.4 is 5.73 Å². The topological polar surface area (TPSA) is 91.2 Å². The monoisotopic (exact) mass is 270 g/mol. The van der Waals surface area contributed by atoms with Crippen molar-refractivity contribution in [2.24, 2.45) is 0 Å². The van der Waals surface area contributed by atoms with Gasteiger partial charge < -0.3 is 10.5 Å². The van der Waals surface area contributed by atoms with Crippen LogP contribution in [0.4, 0.5) is 5.82 Å². The Morgan fingerprint density at radius 2 is 2.00 bits per heavy atom. The molecule has 20 heavy (non-hydrogen) atoms. The summed E-state index contributed by atoms with van der Waals surface area (Å²) in [4.78, 5) is 3.87. The number of fused-ring (bicyclic) bond motifs is 1. The van der Waals surface area contributed by atoms with Crippen molar-refractivity contribution < 1.29 is 4.74 Å². The zero-order chi connectivity index (χ0) is 13.8. The maximum atomic E-state index is 5.69. The van der Waals surface area contributed by atoms with Crippen molar-refractivity contribution in [3.8, 4) is 0 Å². The van der Waals surface area contributed by atoms with Crippen LogP contribution >= 0.6 is 0 Å². The minimum absolute atomic E-state index is 0.323. The van der Waals surface area contributed by atoms with E-state index in [4.69, 9.17) is 10.5 Å². The summed E-state index contributed by atoms with van der Waals surface area (Å²) in [6.45, 7) is 1.12. The molecule has 7 nitrogen and oxygen atoms in total. The van der Waals surface area contributed by atoms with E-state index in [0.717, 1.165) is 5.56 Å². The van der Waals surface area contributed by atoms with E-state index < -0.39 is 0 Å². The fourth-order valence-electron chi connectivity index (χ4n) is 1.87. The molecule has 0 radical (unpaired) electrons. The van der Waals surface area contributed by atoms with E-state index in [1.807, 2.05) is 30.3 Å². The van der Waals surface area contributed by atoms with E-state index in [0.29, 0.717) is 36.9 Å². The first-order chi connectivity index (χ1) is 9.84. The Kier molecular flexibility index (Phi) is 3.51. The van der Waals surface area contributed by atoms with Gasteiger partial charge in [-0.3, -0.25) is 0 Å². The number of hydrogen-bond donors (Lipinski definition) is 1. The Morgan fingerprint density at radius 3 is 2.85 bits per heavy atom. The summed E-state index contributed by atoms with van der Waals surface area (Å²) in [6, 6.07) is 10.0. The van der Waals surface area contributed by atoms with E-state index in [1.165, 1.54) is 6.33 Å². The molecule has 2 N–H and O–H groups in total. The highest BCUT2D eigenvalue weighted by atomic mass is 16.5.